The Labute approximate surface area is 86.4 Å². The van der Waals surface area contributed by atoms with Gasteiger partial charge in [0.2, 0.25) is 0 Å². The van der Waals surface area contributed by atoms with Crippen molar-refractivity contribution in [2.24, 2.45) is 4.99 Å². The third-order valence-corrected chi connectivity index (χ3v) is 2.30. The van der Waals surface area contributed by atoms with Crippen LogP contribution in [0, 0.1) is 0 Å². The van der Waals surface area contributed by atoms with Crippen LogP contribution in [0.1, 0.15) is 15.9 Å². The number of aliphatic imine (C=N–C) groups is 1. The Balaban J connectivity index is 2.37. The molecule has 0 aliphatic carbocycles. The first kappa shape index (κ1) is 9.21. The van der Waals surface area contributed by atoms with Gasteiger partial charge in [0.05, 0.1) is 18.4 Å². The Kier molecular flexibility index (Phi) is 2.25. The van der Waals surface area contributed by atoms with Crippen molar-refractivity contribution in [2.75, 3.05) is 7.11 Å². The third kappa shape index (κ3) is 1.51. The SMILES string of the molecule is COC(=O)c1ccc2c(c1)CC(Cl)=N2. The summed E-state index contributed by atoms with van der Waals surface area (Å²) in [6.07, 6.45) is 0.599. The monoisotopic (exact) mass is 209 g/mol. The smallest absolute Gasteiger partial charge is 0.337 e. The molecule has 1 aliphatic heterocycles. The fourth-order valence-electron chi connectivity index (χ4n) is 1.41. The molecule has 3 nitrogen and oxygen atoms in total. The largest absolute Gasteiger partial charge is 0.465 e. The number of fused-ring (bicyclic) bond motifs is 1. The zero-order valence-electron chi connectivity index (χ0n) is 7.58. The third-order valence-electron chi connectivity index (χ3n) is 2.08. The van der Waals surface area contributed by atoms with Gasteiger partial charge in [0, 0.05) is 6.42 Å². The number of halogens is 1. The highest BCUT2D eigenvalue weighted by Crippen LogP contribution is 2.28. The normalized spacial score (nSPS) is 13.4. The highest BCUT2D eigenvalue weighted by molar-refractivity contribution is 6.66. The van der Waals surface area contributed by atoms with Gasteiger partial charge in [-0.15, -0.1) is 0 Å². The first-order valence-electron chi connectivity index (χ1n) is 4.15. The number of carbonyl (C=O) groups is 1. The molecule has 1 aromatic carbocycles. The van der Waals surface area contributed by atoms with Crippen LogP contribution >= 0.6 is 11.6 Å². The molecule has 14 heavy (non-hydrogen) atoms. The van der Waals surface area contributed by atoms with E-state index in [1.54, 1.807) is 18.2 Å². The summed E-state index contributed by atoms with van der Waals surface area (Å²) in [6.45, 7) is 0. The second-order valence-corrected chi connectivity index (χ2v) is 3.44. The maximum atomic E-state index is 11.2. The van der Waals surface area contributed by atoms with Crippen molar-refractivity contribution < 1.29 is 9.53 Å². The Bertz CT molecular complexity index is 426. The molecule has 0 fully saturated rings. The zero-order valence-corrected chi connectivity index (χ0v) is 8.34. The number of methoxy groups -OCH3 is 1. The molecule has 0 atom stereocenters. The molecule has 0 aromatic heterocycles. The fraction of sp³-hybridized carbons (Fsp3) is 0.200. The van der Waals surface area contributed by atoms with Gasteiger partial charge < -0.3 is 4.74 Å². The van der Waals surface area contributed by atoms with Gasteiger partial charge in [-0.05, 0) is 23.8 Å². The molecular formula is C10H8ClNO2. The highest BCUT2D eigenvalue weighted by atomic mass is 35.5. The molecule has 1 aromatic rings. The van der Waals surface area contributed by atoms with E-state index in [4.69, 9.17) is 11.6 Å². The average molecular weight is 210 g/mol. The maximum absolute atomic E-state index is 11.2. The molecule has 0 amide bonds. The Morgan fingerprint density at radius 3 is 3.07 bits per heavy atom. The van der Waals surface area contributed by atoms with Crippen molar-refractivity contribution >= 4 is 28.4 Å². The van der Waals surface area contributed by atoms with Gasteiger partial charge in [0.1, 0.15) is 5.17 Å². The van der Waals surface area contributed by atoms with Gasteiger partial charge in [0.15, 0.2) is 0 Å². The fourth-order valence-corrected chi connectivity index (χ4v) is 1.64. The van der Waals surface area contributed by atoms with Gasteiger partial charge >= 0.3 is 5.97 Å². The minimum atomic E-state index is -0.337. The van der Waals surface area contributed by atoms with Crippen LogP contribution in [0.3, 0.4) is 0 Å². The number of nitrogens with zero attached hydrogens (tertiary/aromatic N) is 1. The predicted octanol–water partition coefficient (Wildman–Crippen LogP) is 2.30. The lowest BCUT2D eigenvalue weighted by Crippen LogP contribution is -2.01. The quantitative estimate of drug-likeness (QED) is 0.666. The van der Waals surface area contributed by atoms with E-state index in [1.165, 1.54) is 7.11 Å². The molecule has 0 saturated carbocycles. The summed E-state index contributed by atoms with van der Waals surface area (Å²) in [4.78, 5) is 15.3. The lowest BCUT2D eigenvalue weighted by molar-refractivity contribution is 0.0600. The van der Waals surface area contributed by atoms with Gasteiger partial charge in [-0.25, -0.2) is 9.79 Å². The van der Waals surface area contributed by atoms with Gasteiger partial charge in [0.25, 0.3) is 0 Å². The molecule has 0 spiro atoms. The molecular weight excluding hydrogens is 202 g/mol. The first-order valence-corrected chi connectivity index (χ1v) is 4.53. The number of ether oxygens (including phenoxy) is 1. The van der Waals surface area contributed by atoms with E-state index in [2.05, 4.69) is 9.73 Å². The Morgan fingerprint density at radius 2 is 2.36 bits per heavy atom. The molecule has 0 radical (unpaired) electrons. The van der Waals surface area contributed by atoms with E-state index in [-0.39, 0.29) is 5.97 Å². The van der Waals surface area contributed by atoms with Crippen molar-refractivity contribution in [3.05, 3.63) is 29.3 Å². The van der Waals surface area contributed by atoms with Crippen molar-refractivity contribution in [3.63, 3.8) is 0 Å². The van der Waals surface area contributed by atoms with Crippen LogP contribution in [-0.2, 0) is 11.2 Å². The Hall–Kier alpha value is -1.35. The van der Waals surface area contributed by atoms with E-state index in [1.807, 2.05) is 0 Å². The number of hydrogen-bond donors (Lipinski definition) is 0. The van der Waals surface area contributed by atoms with E-state index < -0.39 is 0 Å². The minimum absolute atomic E-state index is 0.337. The molecule has 0 saturated heterocycles. The number of carbonyl (C=O) groups excluding carboxylic acids is 1. The molecule has 0 unspecified atom stereocenters. The summed E-state index contributed by atoms with van der Waals surface area (Å²) in [7, 11) is 1.36. The summed E-state index contributed by atoms with van der Waals surface area (Å²) in [6, 6.07) is 5.22. The van der Waals surface area contributed by atoms with Crippen molar-refractivity contribution in [3.8, 4) is 0 Å². The van der Waals surface area contributed by atoms with Crippen molar-refractivity contribution in [1.29, 1.82) is 0 Å². The van der Waals surface area contributed by atoms with Crippen LogP contribution in [0.5, 0.6) is 0 Å². The zero-order chi connectivity index (χ0) is 10.1. The first-order chi connectivity index (χ1) is 6.70. The maximum Gasteiger partial charge on any atom is 0.337 e. The average Bonchev–Trinajstić information content (AvgIpc) is 2.55. The summed E-state index contributed by atoms with van der Waals surface area (Å²) in [5.74, 6) is -0.337. The lowest BCUT2D eigenvalue weighted by Gasteiger charge is -2.01. The van der Waals surface area contributed by atoms with E-state index >= 15 is 0 Å². The summed E-state index contributed by atoms with van der Waals surface area (Å²) in [5.41, 5.74) is 2.34. The molecule has 1 aliphatic rings. The molecule has 4 heteroatoms. The number of rotatable bonds is 1. The Morgan fingerprint density at radius 1 is 1.57 bits per heavy atom. The van der Waals surface area contributed by atoms with Crippen molar-refractivity contribution in [2.45, 2.75) is 6.42 Å². The van der Waals surface area contributed by atoms with Crippen LogP contribution < -0.4 is 0 Å². The van der Waals surface area contributed by atoms with Gasteiger partial charge in [-0.2, -0.15) is 0 Å². The summed E-state index contributed by atoms with van der Waals surface area (Å²) in [5, 5.41) is 0.557. The van der Waals surface area contributed by atoms with Crippen molar-refractivity contribution in [1.82, 2.24) is 0 Å². The molecule has 0 bridgehead atoms. The van der Waals surface area contributed by atoms with Crippen LogP contribution in [0.25, 0.3) is 0 Å². The number of esters is 1. The molecule has 72 valence electrons. The second-order valence-electron chi connectivity index (χ2n) is 3.00. The van der Waals surface area contributed by atoms with Crippen LogP contribution in [-0.4, -0.2) is 18.2 Å². The molecule has 2 rings (SSSR count). The lowest BCUT2D eigenvalue weighted by atomic mass is 10.1. The molecule has 1 heterocycles. The highest BCUT2D eigenvalue weighted by Gasteiger charge is 2.15. The van der Waals surface area contributed by atoms with Gasteiger partial charge in [-0.1, -0.05) is 11.6 Å². The topological polar surface area (TPSA) is 38.7 Å². The van der Waals surface area contributed by atoms with Gasteiger partial charge in [-0.3, -0.25) is 0 Å². The summed E-state index contributed by atoms with van der Waals surface area (Å²) < 4.78 is 4.61. The van der Waals surface area contributed by atoms with Crippen LogP contribution in [0.15, 0.2) is 23.2 Å². The predicted molar refractivity (Wildman–Crippen MR) is 54.4 cm³/mol. The standard InChI is InChI=1S/C10H8ClNO2/c1-14-10(13)6-2-3-8-7(4-6)5-9(11)12-8/h2-4H,5H2,1H3. The van der Waals surface area contributed by atoms with Crippen LogP contribution in [0.2, 0.25) is 0 Å². The van der Waals surface area contributed by atoms with E-state index in [0.717, 1.165) is 11.3 Å². The minimum Gasteiger partial charge on any atom is -0.465 e. The summed E-state index contributed by atoms with van der Waals surface area (Å²) >= 11 is 5.78. The van der Waals surface area contributed by atoms with E-state index in [9.17, 15) is 4.79 Å². The number of hydrogen-bond acceptors (Lipinski definition) is 3. The number of benzene rings is 1. The van der Waals surface area contributed by atoms with E-state index in [0.29, 0.717) is 17.2 Å². The van der Waals surface area contributed by atoms with Crippen LogP contribution in [0.4, 0.5) is 5.69 Å². The molecule has 0 N–H and O–H groups in total. The second kappa shape index (κ2) is 3.42.